The Morgan fingerprint density at radius 1 is 1.47 bits per heavy atom. The van der Waals surface area contributed by atoms with Crippen molar-refractivity contribution in [3.8, 4) is 0 Å². The van der Waals surface area contributed by atoms with Crippen LogP contribution in [-0.4, -0.2) is 36.2 Å². The molecule has 1 aromatic carbocycles. The van der Waals surface area contributed by atoms with Crippen molar-refractivity contribution in [1.29, 1.82) is 0 Å². The van der Waals surface area contributed by atoms with Crippen LogP contribution in [0.3, 0.4) is 0 Å². The van der Waals surface area contributed by atoms with Crippen LogP contribution in [0.2, 0.25) is 0 Å². The molecule has 0 aliphatic rings. The molecule has 0 aliphatic heterocycles. The fraction of sp³-hybridized carbons (Fsp3) is 0.385. The second kappa shape index (κ2) is 5.79. The van der Waals surface area contributed by atoms with Gasteiger partial charge in [0.15, 0.2) is 5.54 Å². The number of nitrogens with one attached hydrogen (secondary N) is 1. The van der Waals surface area contributed by atoms with Crippen molar-refractivity contribution in [1.82, 2.24) is 5.32 Å². The van der Waals surface area contributed by atoms with Gasteiger partial charge in [0.25, 0.3) is 5.91 Å². The molecule has 1 amide bonds. The first-order valence-electron chi connectivity index (χ1n) is 5.61. The highest BCUT2D eigenvalue weighted by molar-refractivity contribution is 5.97. The molecule has 0 saturated heterocycles. The summed E-state index contributed by atoms with van der Waals surface area (Å²) in [6.07, 6.45) is 0. The molecule has 0 spiro atoms. The third kappa shape index (κ3) is 3.51. The van der Waals surface area contributed by atoms with Crippen molar-refractivity contribution in [3.63, 3.8) is 0 Å². The van der Waals surface area contributed by atoms with E-state index >= 15 is 0 Å². The number of carboxylic acid groups (broad SMARTS) is 1. The van der Waals surface area contributed by atoms with Gasteiger partial charge in [0.05, 0.1) is 6.61 Å². The summed E-state index contributed by atoms with van der Waals surface area (Å²) < 4.78 is 18.1. The molecule has 1 atom stereocenters. The van der Waals surface area contributed by atoms with E-state index in [0.717, 1.165) is 6.07 Å². The summed E-state index contributed by atoms with van der Waals surface area (Å²) in [7, 11) is 1.33. The summed E-state index contributed by atoms with van der Waals surface area (Å²) in [5.41, 5.74) is -1.09. The number of halogens is 1. The van der Waals surface area contributed by atoms with Crippen molar-refractivity contribution < 1.29 is 23.8 Å². The van der Waals surface area contributed by atoms with Crippen LogP contribution in [0.25, 0.3) is 0 Å². The number of hydrogen-bond donors (Lipinski definition) is 2. The maximum Gasteiger partial charge on any atom is 0.331 e. The molecular weight excluding hydrogens is 253 g/mol. The highest BCUT2D eigenvalue weighted by atomic mass is 19.1. The fourth-order valence-electron chi connectivity index (χ4n) is 1.50. The van der Waals surface area contributed by atoms with Gasteiger partial charge in [-0.05, 0) is 31.5 Å². The number of carboxylic acids is 1. The van der Waals surface area contributed by atoms with Crippen molar-refractivity contribution in [2.75, 3.05) is 13.7 Å². The molecule has 0 bridgehead atoms. The average molecular weight is 269 g/mol. The number of ether oxygens (including phenoxy) is 1. The first-order valence-corrected chi connectivity index (χ1v) is 5.61. The maximum atomic E-state index is 13.4. The first-order chi connectivity index (χ1) is 8.80. The molecule has 2 N–H and O–H groups in total. The number of carbonyl (C=O) groups is 2. The van der Waals surface area contributed by atoms with Crippen LogP contribution in [-0.2, 0) is 9.53 Å². The van der Waals surface area contributed by atoms with Gasteiger partial charge >= 0.3 is 5.97 Å². The number of aryl methyl sites for hydroxylation is 1. The van der Waals surface area contributed by atoms with E-state index in [2.05, 4.69) is 5.32 Å². The van der Waals surface area contributed by atoms with Crippen LogP contribution in [0.15, 0.2) is 18.2 Å². The van der Waals surface area contributed by atoms with E-state index in [4.69, 9.17) is 9.84 Å². The Labute approximate surface area is 110 Å². The van der Waals surface area contributed by atoms with E-state index in [9.17, 15) is 14.0 Å². The van der Waals surface area contributed by atoms with E-state index in [1.165, 1.54) is 26.2 Å². The Morgan fingerprint density at radius 2 is 2.11 bits per heavy atom. The van der Waals surface area contributed by atoms with Crippen LogP contribution in [0.4, 0.5) is 4.39 Å². The van der Waals surface area contributed by atoms with Gasteiger partial charge in [0.2, 0.25) is 0 Å². The van der Waals surface area contributed by atoms with Crippen molar-refractivity contribution >= 4 is 11.9 Å². The lowest BCUT2D eigenvalue weighted by Crippen LogP contribution is -2.55. The van der Waals surface area contributed by atoms with E-state index < -0.39 is 23.2 Å². The molecule has 1 unspecified atom stereocenters. The minimum atomic E-state index is -1.56. The average Bonchev–Trinajstić information content (AvgIpc) is 2.32. The number of carbonyl (C=O) groups excluding carboxylic acids is 1. The largest absolute Gasteiger partial charge is 0.479 e. The van der Waals surface area contributed by atoms with Gasteiger partial charge in [-0.3, -0.25) is 4.79 Å². The molecule has 6 heteroatoms. The Morgan fingerprint density at radius 3 is 2.58 bits per heavy atom. The van der Waals surface area contributed by atoms with Crippen LogP contribution in [0.5, 0.6) is 0 Å². The van der Waals surface area contributed by atoms with Crippen molar-refractivity contribution in [2.45, 2.75) is 19.4 Å². The fourth-order valence-corrected chi connectivity index (χ4v) is 1.50. The minimum absolute atomic E-state index is 0.0617. The lowest BCUT2D eigenvalue weighted by Gasteiger charge is -2.25. The quantitative estimate of drug-likeness (QED) is 0.846. The zero-order valence-corrected chi connectivity index (χ0v) is 11.0. The summed E-state index contributed by atoms with van der Waals surface area (Å²) in [6.45, 7) is 2.70. The van der Waals surface area contributed by atoms with Gasteiger partial charge in [-0.1, -0.05) is 6.07 Å². The van der Waals surface area contributed by atoms with E-state index in [1.807, 2.05) is 0 Å². The smallest absolute Gasteiger partial charge is 0.331 e. The Bertz CT molecular complexity index is 503. The standard InChI is InChI=1S/C13H16FNO4/c1-8-4-5-9(6-10(8)14)11(16)15-13(2,7-19-3)12(17)18/h4-6H,7H2,1-3H3,(H,15,16)(H,17,18). The number of rotatable bonds is 5. The third-order valence-electron chi connectivity index (χ3n) is 2.73. The van der Waals surface area contributed by atoms with E-state index in [1.54, 1.807) is 6.92 Å². The Balaban J connectivity index is 2.94. The molecule has 104 valence electrons. The lowest BCUT2D eigenvalue weighted by molar-refractivity contribution is -0.145. The summed E-state index contributed by atoms with van der Waals surface area (Å²) in [5, 5.41) is 11.4. The predicted octanol–water partition coefficient (Wildman–Crippen LogP) is 1.35. The summed E-state index contributed by atoms with van der Waals surface area (Å²) >= 11 is 0. The van der Waals surface area contributed by atoms with Crippen LogP contribution in [0, 0.1) is 12.7 Å². The van der Waals surface area contributed by atoms with E-state index in [0.29, 0.717) is 5.56 Å². The van der Waals surface area contributed by atoms with Crippen LogP contribution in [0.1, 0.15) is 22.8 Å². The number of hydrogen-bond acceptors (Lipinski definition) is 3. The van der Waals surface area contributed by atoms with Gasteiger partial charge in [-0.15, -0.1) is 0 Å². The molecule has 0 aromatic heterocycles. The Hall–Kier alpha value is -1.95. The topological polar surface area (TPSA) is 75.6 Å². The van der Waals surface area contributed by atoms with Gasteiger partial charge in [-0.25, -0.2) is 9.18 Å². The van der Waals surface area contributed by atoms with Gasteiger partial charge in [-0.2, -0.15) is 0 Å². The lowest BCUT2D eigenvalue weighted by atomic mass is 10.0. The molecule has 19 heavy (non-hydrogen) atoms. The van der Waals surface area contributed by atoms with Gasteiger partial charge < -0.3 is 15.2 Å². The predicted molar refractivity (Wildman–Crippen MR) is 66.5 cm³/mol. The molecule has 0 radical (unpaired) electrons. The molecule has 0 fully saturated rings. The van der Waals surface area contributed by atoms with Crippen molar-refractivity contribution in [3.05, 3.63) is 35.1 Å². The highest BCUT2D eigenvalue weighted by Gasteiger charge is 2.35. The SMILES string of the molecule is COCC(C)(NC(=O)c1ccc(C)c(F)c1)C(=O)O. The monoisotopic (exact) mass is 269 g/mol. The molecule has 0 saturated carbocycles. The number of amides is 1. The number of benzene rings is 1. The van der Waals surface area contributed by atoms with Crippen LogP contribution >= 0.6 is 0 Å². The Kier molecular flexibility index (Phi) is 4.61. The zero-order valence-electron chi connectivity index (χ0n) is 11.0. The zero-order chi connectivity index (χ0) is 14.6. The second-order valence-electron chi connectivity index (χ2n) is 4.49. The molecule has 1 rings (SSSR count). The summed E-state index contributed by atoms with van der Waals surface area (Å²) in [6, 6.07) is 3.96. The summed E-state index contributed by atoms with van der Waals surface area (Å²) in [4.78, 5) is 23.0. The molecule has 0 heterocycles. The highest BCUT2D eigenvalue weighted by Crippen LogP contribution is 2.11. The van der Waals surface area contributed by atoms with Crippen molar-refractivity contribution in [2.24, 2.45) is 0 Å². The van der Waals surface area contributed by atoms with Crippen LogP contribution < -0.4 is 5.32 Å². The number of aliphatic carboxylic acids is 1. The third-order valence-corrected chi connectivity index (χ3v) is 2.73. The molecule has 0 aliphatic carbocycles. The first kappa shape index (κ1) is 15.1. The normalized spacial score (nSPS) is 13.7. The second-order valence-corrected chi connectivity index (χ2v) is 4.49. The van der Waals surface area contributed by atoms with Gasteiger partial charge in [0.1, 0.15) is 5.82 Å². The maximum absolute atomic E-state index is 13.4. The summed E-state index contributed by atoms with van der Waals surface area (Å²) in [5.74, 6) is -2.41. The molecular formula is C13H16FNO4. The van der Waals surface area contributed by atoms with E-state index in [-0.39, 0.29) is 12.2 Å². The number of methoxy groups -OCH3 is 1. The molecule has 1 aromatic rings. The molecule has 5 nitrogen and oxygen atoms in total. The van der Waals surface area contributed by atoms with Gasteiger partial charge in [0, 0.05) is 12.7 Å². The minimum Gasteiger partial charge on any atom is -0.479 e.